The van der Waals surface area contributed by atoms with Crippen molar-refractivity contribution in [2.45, 2.75) is 11.3 Å². The number of hydrogen-bond donors (Lipinski definition) is 1. The maximum atomic E-state index is 13.7. The predicted octanol–water partition coefficient (Wildman–Crippen LogP) is 0.990. The van der Waals surface area contributed by atoms with Gasteiger partial charge in [-0.15, -0.1) is 0 Å². The van der Waals surface area contributed by atoms with E-state index in [0.29, 0.717) is 0 Å². The number of nitrogens with one attached hydrogen (secondary N) is 1. The minimum absolute atomic E-state index is 0.0379. The number of hydrogen-bond acceptors (Lipinski definition) is 3. The van der Waals surface area contributed by atoms with Gasteiger partial charge in [0.15, 0.2) is 0 Å². The van der Waals surface area contributed by atoms with Crippen LogP contribution in [0.1, 0.15) is 6.42 Å². The van der Waals surface area contributed by atoms with Crippen LogP contribution in [0.2, 0.25) is 5.02 Å². The number of rotatable bonds is 2. The Balaban J connectivity index is 2.33. The SMILES string of the molecule is O=C1CCN(S(=O)(=O)c2ccc(Cl)cc2F)CCN1. The van der Waals surface area contributed by atoms with Crippen molar-refractivity contribution in [2.75, 3.05) is 19.6 Å². The van der Waals surface area contributed by atoms with Gasteiger partial charge in [-0.25, -0.2) is 12.8 Å². The fourth-order valence-electron chi connectivity index (χ4n) is 1.81. The average Bonchev–Trinajstić information content (AvgIpc) is 2.53. The van der Waals surface area contributed by atoms with Crippen LogP contribution in [0.25, 0.3) is 0 Å². The highest BCUT2D eigenvalue weighted by molar-refractivity contribution is 7.89. The van der Waals surface area contributed by atoms with Crippen LogP contribution < -0.4 is 5.32 Å². The predicted molar refractivity (Wildman–Crippen MR) is 67.8 cm³/mol. The quantitative estimate of drug-likeness (QED) is 0.886. The van der Waals surface area contributed by atoms with Crippen molar-refractivity contribution < 1.29 is 17.6 Å². The maximum absolute atomic E-state index is 13.7. The number of carbonyl (C=O) groups is 1. The zero-order valence-electron chi connectivity index (χ0n) is 9.90. The average molecular weight is 307 g/mol. The first kappa shape index (κ1) is 14.2. The van der Waals surface area contributed by atoms with Crippen LogP contribution in [-0.2, 0) is 14.8 Å². The molecule has 0 radical (unpaired) electrons. The van der Waals surface area contributed by atoms with Gasteiger partial charge in [-0.3, -0.25) is 4.79 Å². The van der Waals surface area contributed by atoms with E-state index in [9.17, 15) is 17.6 Å². The molecule has 1 aliphatic rings. The minimum Gasteiger partial charge on any atom is -0.355 e. The Labute approximate surface area is 115 Å². The van der Waals surface area contributed by atoms with Crippen LogP contribution >= 0.6 is 11.6 Å². The summed E-state index contributed by atoms with van der Waals surface area (Å²) in [5.74, 6) is -1.11. The van der Waals surface area contributed by atoms with E-state index in [1.165, 1.54) is 6.07 Å². The fraction of sp³-hybridized carbons (Fsp3) is 0.364. The van der Waals surface area contributed by atoms with Crippen LogP contribution in [0.15, 0.2) is 23.1 Å². The smallest absolute Gasteiger partial charge is 0.246 e. The Bertz CT molecular complexity index is 606. The molecule has 1 N–H and O–H groups in total. The highest BCUT2D eigenvalue weighted by atomic mass is 35.5. The number of benzene rings is 1. The van der Waals surface area contributed by atoms with E-state index in [-0.39, 0.29) is 37.0 Å². The Hall–Kier alpha value is -1.18. The molecule has 0 bridgehead atoms. The lowest BCUT2D eigenvalue weighted by Gasteiger charge is -2.19. The third-order valence-electron chi connectivity index (χ3n) is 2.78. The van der Waals surface area contributed by atoms with Crippen molar-refractivity contribution in [3.05, 3.63) is 29.0 Å². The number of nitrogens with zero attached hydrogens (tertiary/aromatic N) is 1. The van der Waals surface area contributed by atoms with Crippen molar-refractivity contribution in [1.82, 2.24) is 9.62 Å². The summed E-state index contributed by atoms with van der Waals surface area (Å²) in [4.78, 5) is 10.8. The third-order valence-corrected chi connectivity index (χ3v) is 4.95. The highest BCUT2D eigenvalue weighted by Gasteiger charge is 2.29. The Morgan fingerprint density at radius 3 is 2.74 bits per heavy atom. The van der Waals surface area contributed by atoms with Gasteiger partial charge < -0.3 is 5.32 Å². The summed E-state index contributed by atoms with van der Waals surface area (Å²) in [6.45, 7) is 0.375. The molecule has 0 spiro atoms. The molecule has 1 fully saturated rings. The molecule has 2 rings (SSSR count). The number of halogens is 2. The molecule has 0 aromatic heterocycles. The summed E-state index contributed by atoms with van der Waals surface area (Å²) in [5, 5.41) is 2.69. The lowest BCUT2D eigenvalue weighted by Crippen LogP contribution is -2.34. The zero-order valence-corrected chi connectivity index (χ0v) is 11.5. The van der Waals surface area contributed by atoms with Crippen molar-refractivity contribution in [3.63, 3.8) is 0 Å². The Morgan fingerprint density at radius 2 is 2.05 bits per heavy atom. The van der Waals surface area contributed by atoms with Gasteiger partial charge in [-0.2, -0.15) is 4.31 Å². The molecule has 1 aromatic rings. The molecule has 0 saturated carbocycles. The van der Waals surface area contributed by atoms with Crippen molar-refractivity contribution in [1.29, 1.82) is 0 Å². The van der Waals surface area contributed by atoms with Crippen LogP contribution in [0.4, 0.5) is 4.39 Å². The third kappa shape index (κ3) is 3.05. The summed E-state index contributed by atoms with van der Waals surface area (Å²) in [7, 11) is -3.95. The lowest BCUT2D eigenvalue weighted by atomic mass is 10.3. The first-order valence-electron chi connectivity index (χ1n) is 5.63. The number of amides is 1. The van der Waals surface area contributed by atoms with Gasteiger partial charge in [0.05, 0.1) is 0 Å². The van der Waals surface area contributed by atoms with Crippen molar-refractivity contribution >= 4 is 27.5 Å². The number of sulfonamides is 1. The van der Waals surface area contributed by atoms with Gasteiger partial charge in [0.25, 0.3) is 0 Å². The molecule has 1 saturated heterocycles. The van der Waals surface area contributed by atoms with E-state index in [1.807, 2.05) is 0 Å². The topological polar surface area (TPSA) is 66.5 Å². The fourth-order valence-corrected chi connectivity index (χ4v) is 3.46. The second-order valence-electron chi connectivity index (χ2n) is 4.08. The van der Waals surface area contributed by atoms with E-state index in [4.69, 9.17) is 11.6 Å². The Kier molecular flexibility index (Phi) is 4.07. The van der Waals surface area contributed by atoms with Gasteiger partial charge in [0.2, 0.25) is 15.9 Å². The summed E-state index contributed by atoms with van der Waals surface area (Å²) in [6.07, 6.45) is 0.0639. The summed E-state index contributed by atoms with van der Waals surface area (Å²) >= 11 is 5.59. The highest BCUT2D eigenvalue weighted by Crippen LogP contribution is 2.22. The molecule has 1 amide bonds. The minimum atomic E-state index is -3.95. The normalized spacial score (nSPS) is 17.9. The second-order valence-corrected chi connectivity index (χ2v) is 6.42. The molecule has 104 valence electrons. The summed E-state index contributed by atoms with van der Waals surface area (Å²) < 4.78 is 39.4. The van der Waals surface area contributed by atoms with Crippen molar-refractivity contribution in [2.24, 2.45) is 0 Å². The molecule has 19 heavy (non-hydrogen) atoms. The molecule has 1 heterocycles. The summed E-state index contributed by atoms with van der Waals surface area (Å²) in [6, 6.07) is 3.40. The first-order valence-corrected chi connectivity index (χ1v) is 7.45. The van der Waals surface area contributed by atoms with E-state index < -0.39 is 20.7 Å². The van der Waals surface area contributed by atoms with Gasteiger partial charge >= 0.3 is 0 Å². The zero-order chi connectivity index (χ0) is 14.0. The molecule has 0 unspecified atom stereocenters. The molecule has 1 aliphatic heterocycles. The van der Waals surface area contributed by atoms with Gasteiger partial charge in [0.1, 0.15) is 10.7 Å². The largest absolute Gasteiger partial charge is 0.355 e. The van der Waals surface area contributed by atoms with Crippen LogP contribution in [0.5, 0.6) is 0 Å². The monoisotopic (exact) mass is 306 g/mol. The summed E-state index contributed by atoms with van der Waals surface area (Å²) in [5.41, 5.74) is 0. The molecule has 5 nitrogen and oxygen atoms in total. The van der Waals surface area contributed by atoms with E-state index in [1.54, 1.807) is 0 Å². The lowest BCUT2D eigenvalue weighted by molar-refractivity contribution is -0.120. The van der Waals surface area contributed by atoms with Gasteiger partial charge in [-0.05, 0) is 18.2 Å². The number of carbonyl (C=O) groups excluding carboxylic acids is 1. The van der Waals surface area contributed by atoms with Crippen LogP contribution in [-0.4, -0.2) is 38.3 Å². The van der Waals surface area contributed by atoms with E-state index in [0.717, 1.165) is 16.4 Å². The molecular weight excluding hydrogens is 295 g/mol. The van der Waals surface area contributed by atoms with Gasteiger partial charge in [0, 0.05) is 31.1 Å². The first-order chi connectivity index (χ1) is 8.91. The maximum Gasteiger partial charge on any atom is 0.246 e. The van der Waals surface area contributed by atoms with Crippen LogP contribution in [0, 0.1) is 5.82 Å². The van der Waals surface area contributed by atoms with Crippen LogP contribution in [0.3, 0.4) is 0 Å². The molecular formula is C11H12ClFN2O3S. The molecule has 0 aliphatic carbocycles. The molecule has 1 aromatic carbocycles. The van der Waals surface area contributed by atoms with Gasteiger partial charge in [-0.1, -0.05) is 11.6 Å². The van der Waals surface area contributed by atoms with Crippen molar-refractivity contribution in [3.8, 4) is 0 Å². The van der Waals surface area contributed by atoms with E-state index >= 15 is 0 Å². The molecule has 0 atom stereocenters. The Morgan fingerprint density at radius 1 is 1.32 bits per heavy atom. The second kappa shape index (κ2) is 5.44. The molecule has 8 heteroatoms. The van der Waals surface area contributed by atoms with E-state index in [2.05, 4.69) is 5.32 Å². The standard InChI is InChI=1S/C11H12ClFN2O3S/c12-8-1-2-10(9(13)7-8)19(17,18)15-5-3-11(16)14-4-6-15/h1-2,7H,3-6H2,(H,14,16).